The molecule has 0 aromatic heterocycles. The number of carbonyl (C=O) groups is 1. The van der Waals surface area contributed by atoms with Gasteiger partial charge >= 0.3 is 0 Å². The van der Waals surface area contributed by atoms with Crippen molar-refractivity contribution in [3.63, 3.8) is 0 Å². The summed E-state index contributed by atoms with van der Waals surface area (Å²) in [6.45, 7) is 5.59. The molecular formula is C13H14N4O2. The number of hydrogen-bond donors (Lipinski definition) is 0. The zero-order valence-corrected chi connectivity index (χ0v) is 11.0. The molecule has 0 spiro atoms. The highest BCUT2D eigenvalue weighted by atomic mass is 16.5. The van der Waals surface area contributed by atoms with Crippen molar-refractivity contribution in [1.29, 1.82) is 10.5 Å². The average molecular weight is 258 g/mol. The highest BCUT2D eigenvalue weighted by molar-refractivity contribution is 6.06. The van der Waals surface area contributed by atoms with Crippen LogP contribution in [0.15, 0.2) is 16.3 Å². The van der Waals surface area contributed by atoms with E-state index in [0.29, 0.717) is 17.9 Å². The number of allylic oxidation sites excluding steroid dienone is 1. The predicted molar refractivity (Wildman–Crippen MR) is 66.9 cm³/mol. The lowest BCUT2D eigenvalue weighted by molar-refractivity contribution is -0.114. The van der Waals surface area contributed by atoms with Crippen molar-refractivity contribution in [2.75, 3.05) is 6.54 Å². The third-order valence-electron chi connectivity index (χ3n) is 3.42. The van der Waals surface area contributed by atoms with Gasteiger partial charge in [-0.15, -0.1) is 0 Å². The summed E-state index contributed by atoms with van der Waals surface area (Å²) in [5, 5.41) is 18.3. The lowest BCUT2D eigenvalue weighted by Gasteiger charge is -2.36. The van der Waals surface area contributed by atoms with E-state index < -0.39 is 18.3 Å². The number of carbonyl (C=O) groups excluding carboxylic acids is 1. The van der Waals surface area contributed by atoms with E-state index in [-0.39, 0.29) is 11.5 Å². The molecule has 19 heavy (non-hydrogen) atoms. The first-order valence-corrected chi connectivity index (χ1v) is 6.06. The number of nitrogens with zero attached hydrogens (tertiary/aromatic N) is 4. The molecule has 0 amide bonds. The number of ketones is 1. The minimum atomic E-state index is -0.713. The molecule has 0 aromatic rings. The van der Waals surface area contributed by atoms with Crippen molar-refractivity contribution in [3.8, 4) is 12.1 Å². The van der Waals surface area contributed by atoms with Crippen LogP contribution < -0.4 is 0 Å². The topological polar surface area (TPSA) is 89.5 Å². The monoisotopic (exact) mass is 258 g/mol. The Bertz CT molecular complexity index is 564. The Morgan fingerprint density at radius 1 is 1.53 bits per heavy atom. The van der Waals surface area contributed by atoms with Crippen molar-refractivity contribution in [2.45, 2.75) is 39.1 Å². The van der Waals surface area contributed by atoms with Gasteiger partial charge in [0.25, 0.3) is 0 Å². The van der Waals surface area contributed by atoms with Gasteiger partial charge in [-0.05, 0) is 13.8 Å². The minimum Gasteiger partial charge on any atom is -0.477 e. The van der Waals surface area contributed by atoms with Crippen LogP contribution in [0.3, 0.4) is 0 Å². The van der Waals surface area contributed by atoms with Gasteiger partial charge in [-0.2, -0.15) is 10.5 Å². The van der Waals surface area contributed by atoms with Crippen molar-refractivity contribution in [3.05, 3.63) is 11.3 Å². The zero-order chi connectivity index (χ0) is 14.2. The maximum Gasteiger partial charge on any atom is 0.180 e. The van der Waals surface area contributed by atoms with Crippen LogP contribution in [0.25, 0.3) is 0 Å². The summed E-state index contributed by atoms with van der Waals surface area (Å²) in [7, 11) is 0. The van der Waals surface area contributed by atoms with Gasteiger partial charge in [0.15, 0.2) is 18.1 Å². The van der Waals surface area contributed by atoms with E-state index in [0.717, 1.165) is 0 Å². The third kappa shape index (κ3) is 1.91. The number of Topliss-reactive ketones (excluding diaryl/α,β-unsaturated/α-hetero) is 1. The summed E-state index contributed by atoms with van der Waals surface area (Å²) in [5.74, 6) is 0.415. The van der Waals surface area contributed by atoms with Crippen LogP contribution in [0.5, 0.6) is 0 Å². The van der Waals surface area contributed by atoms with E-state index in [1.807, 2.05) is 13.0 Å². The quantitative estimate of drug-likeness (QED) is 0.729. The van der Waals surface area contributed by atoms with Crippen LogP contribution in [-0.4, -0.2) is 41.3 Å². The van der Waals surface area contributed by atoms with Crippen LogP contribution in [-0.2, 0) is 9.53 Å². The van der Waals surface area contributed by atoms with Crippen molar-refractivity contribution in [1.82, 2.24) is 4.90 Å². The van der Waals surface area contributed by atoms with Gasteiger partial charge < -0.3 is 4.74 Å². The lowest BCUT2D eigenvalue weighted by atomic mass is 9.98. The molecule has 0 fully saturated rings. The van der Waals surface area contributed by atoms with E-state index in [9.17, 15) is 10.1 Å². The number of nitriles is 2. The van der Waals surface area contributed by atoms with Crippen LogP contribution in [0.2, 0.25) is 0 Å². The van der Waals surface area contributed by atoms with Gasteiger partial charge in [0, 0.05) is 6.54 Å². The van der Waals surface area contributed by atoms with Gasteiger partial charge in [-0.1, -0.05) is 6.92 Å². The van der Waals surface area contributed by atoms with Crippen LogP contribution >= 0.6 is 0 Å². The van der Waals surface area contributed by atoms with E-state index in [2.05, 4.69) is 11.1 Å². The highest BCUT2D eigenvalue weighted by Gasteiger charge is 2.47. The fourth-order valence-corrected chi connectivity index (χ4v) is 2.61. The molecule has 0 radical (unpaired) electrons. The van der Waals surface area contributed by atoms with Crippen molar-refractivity contribution >= 4 is 11.5 Å². The Hall–Kier alpha value is -2.18. The zero-order valence-electron chi connectivity index (χ0n) is 11.0. The van der Waals surface area contributed by atoms with Gasteiger partial charge in [0.1, 0.15) is 23.6 Å². The molecule has 0 saturated carbocycles. The van der Waals surface area contributed by atoms with Gasteiger partial charge in [0.2, 0.25) is 0 Å². The summed E-state index contributed by atoms with van der Waals surface area (Å²) in [5.41, 5.74) is 0.634. The van der Waals surface area contributed by atoms with Gasteiger partial charge in [0.05, 0.1) is 11.6 Å². The number of hydrogen-bond acceptors (Lipinski definition) is 6. The second-order valence-electron chi connectivity index (χ2n) is 4.47. The second-order valence-corrected chi connectivity index (χ2v) is 4.47. The molecule has 2 rings (SSSR count). The average Bonchev–Trinajstić information content (AvgIpc) is 2.71. The molecule has 98 valence electrons. The third-order valence-corrected chi connectivity index (χ3v) is 3.42. The first kappa shape index (κ1) is 13.3. The first-order valence-electron chi connectivity index (χ1n) is 6.06. The number of ether oxygens (including phenoxy) is 1. The molecule has 0 unspecified atom stereocenters. The molecule has 0 aliphatic carbocycles. The number of likely N-dealkylation sites (N-methyl/N-ethyl adjacent to an activating group) is 1. The molecule has 3 atom stereocenters. The van der Waals surface area contributed by atoms with Gasteiger partial charge in [-0.3, -0.25) is 9.79 Å². The SMILES string of the molecule is CCN1[C@@H](C#N)C(C#N)=N[C@@H]2C(C(C)=O)=C(C)O[C@@H]21. The number of fused-ring (bicyclic) bond motifs is 1. The molecule has 2 aliphatic heterocycles. The normalized spacial score (nSPS) is 29.9. The summed E-state index contributed by atoms with van der Waals surface area (Å²) < 4.78 is 5.68. The summed E-state index contributed by atoms with van der Waals surface area (Å²) in [6, 6.07) is 2.80. The molecule has 0 bridgehead atoms. The fourth-order valence-electron chi connectivity index (χ4n) is 2.61. The molecule has 2 aliphatic rings. The van der Waals surface area contributed by atoms with Crippen molar-refractivity contribution in [2.24, 2.45) is 4.99 Å². The molecule has 2 heterocycles. The molecule has 0 N–H and O–H groups in total. The fraction of sp³-hybridized carbons (Fsp3) is 0.538. The number of aliphatic imine (C=N–C) groups is 1. The summed E-state index contributed by atoms with van der Waals surface area (Å²) in [4.78, 5) is 17.7. The molecule has 6 nitrogen and oxygen atoms in total. The Morgan fingerprint density at radius 3 is 2.68 bits per heavy atom. The lowest BCUT2D eigenvalue weighted by Crippen LogP contribution is -2.54. The first-order chi connectivity index (χ1) is 9.04. The Labute approximate surface area is 111 Å². The summed E-state index contributed by atoms with van der Waals surface area (Å²) in [6.07, 6.45) is -0.467. The van der Waals surface area contributed by atoms with Gasteiger partial charge in [-0.25, -0.2) is 4.90 Å². The van der Waals surface area contributed by atoms with Crippen LogP contribution in [0, 0.1) is 22.7 Å². The highest BCUT2D eigenvalue weighted by Crippen LogP contribution is 2.34. The Balaban J connectivity index is 2.51. The van der Waals surface area contributed by atoms with Crippen LogP contribution in [0.1, 0.15) is 20.8 Å². The standard InChI is InChI=1S/C13H14N4O2/c1-4-17-10(6-15)9(5-14)16-12-11(7(2)18)8(3)19-13(12)17/h10,12-13H,4H2,1-3H3/t10-,12+,13-/m0/s1. The Morgan fingerprint density at radius 2 is 2.21 bits per heavy atom. The van der Waals surface area contributed by atoms with E-state index in [4.69, 9.17) is 10.00 Å². The Kier molecular flexibility index (Phi) is 3.37. The summed E-state index contributed by atoms with van der Waals surface area (Å²) >= 11 is 0. The number of rotatable bonds is 2. The molecular weight excluding hydrogens is 244 g/mol. The van der Waals surface area contributed by atoms with Crippen molar-refractivity contribution < 1.29 is 9.53 Å². The predicted octanol–water partition coefficient (Wildman–Crippen LogP) is 0.767. The minimum absolute atomic E-state index is 0.113. The second kappa shape index (κ2) is 4.83. The molecule has 0 saturated heterocycles. The maximum absolute atomic E-state index is 11.7. The molecule has 6 heteroatoms. The van der Waals surface area contributed by atoms with E-state index in [1.165, 1.54) is 6.92 Å². The maximum atomic E-state index is 11.7. The van der Waals surface area contributed by atoms with E-state index >= 15 is 0 Å². The van der Waals surface area contributed by atoms with E-state index in [1.54, 1.807) is 11.8 Å². The smallest absolute Gasteiger partial charge is 0.180 e. The largest absolute Gasteiger partial charge is 0.477 e. The van der Waals surface area contributed by atoms with Crippen LogP contribution in [0.4, 0.5) is 0 Å². The molecule has 0 aromatic carbocycles.